The first-order valence-corrected chi connectivity index (χ1v) is 11.5. The Kier molecular flexibility index (Phi) is 5.64. The third kappa shape index (κ3) is 3.95. The number of nitriles is 1. The standard InChI is InChI=1S/C28H26N4O2/c1-18-15-32(24-10-8-23(9-11-24)31-16-19(2)34-20(3)17-31)28(33)27-26(18)25(12-13-30-27)22-6-4-21(14-29)5-7-22/h4-13,15,19-20H,16-17H2,1-3H3/t19-,20+. The minimum Gasteiger partial charge on any atom is -0.372 e. The number of morpholine rings is 1. The molecule has 3 heterocycles. The van der Waals surface area contributed by atoms with Gasteiger partial charge in [-0.2, -0.15) is 5.26 Å². The smallest absolute Gasteiger partial charge is 0.281 e. The van der Waals surface area contributed by atoms with E-state index in [1.807, 2.05) is 43.5 Å². The predicted octanol–water partition coefficient (Wildman–Crippen LogP) is 4.85. The molecule has 2 aromatic heterocycles. The molecule has 6 heteroatoms. The summed E-state index contributed by atoms with van der Waals surface area (Å²) < 4.78 is 7.51. The van der Waals surface area contributed by atoms with Crippen LogP contribution in [0.25, 0.3) is 27.7 Å². The molecule has 1 fully saturated rings. The first-order chi connectivity index (χ1) is 16.4. The lowest BCUT2D eigenvalue weighted by Gasteiger charge is -2.36. The van der Waals surface area contributed by atoms with Crippen LogP contribution in [0.15, 0.2) is 71.8 Å². The van der Waals surface area contributed by atoms with E-state index in [0.29, 0.717) is 11.1 Å². The van der Waals surface area contributed by atoms with Crippen LogP contribution < -0.4 is 10.5 Å². The van der Waals surface area contributed by atoms with Crippen LogP contribution in [0.4, 0.5) is 5.69 Å². The molecule has 34 heavy (non-hydrogen) atoms. The number of nitrogens with zero attached hydrogens (tertiary/aromatic N) is 4. The molecule has 0 bridgehead atoms. The van der Waals surface area contributed by atoms with Crippen LogP contribution in [0.2, 0.25) is 0 Å². The van der Waals surface area contributed by atoms with Crippen LogP contribution in [-0.4, -0.2) is 34.8 Å². The highest BCUT2D eigenvalue weighted by Crippen LogP contribution is 2.29. The van der Waals surface area contributed by atoms with Gasteiger partial charge in [-0.3, -0.25) is 14.3 Å². The fourth-order valence-corrected chi connectivity index (χ4v) is 4.82. The Balaban J connectivity index is 1.55. The maximum Gasteiger partial charge on any atom is 0.281 e. The molecule has 0 N–H and O–H groups in total. The topological polar surface area (TPSA) is 71.2 Å². The molecule has 2 atom stereocenters. The summed E-state index contributed by atoms with van der Waals surface area (Å²) in [6.45, 7) is 7.88. The third-order valence-electron chi connectivity index (χ3n) is 6.33. The minimum atomic E-state index is -0.155. The fourth-order valence-electron chi connectivity index (χ4n) is 4.82. The zero-order valence-electron chi connectivity index (χ0n) is 19.5. The van der Waals surface area contributed by atoms with Crippen LogP contribution in [0.3, 0.4) is 0 Å². The van der Waals surface area contributed by atoms with E-state index in [-0.39, 0.29) is 17.8 Å². The van der Waals surface area contributed by atoms with E-state index in [1.54, 1.807) is 22.9 Å². The SMILES string of the molecule is Cc1cn(-c2ccc(N3C[C@@H](C)O[C@@H](C)C3)cc2)c(=O)c2nccc(-c3ccc(C#N)cc3)c12. The lowest BCUT2D eigenvalue weighted by Crippen LogP contribution is -2.45. The molecule has 1 saturated heterocycles. The molecule has 0 radical (unpaired) electrons. The molecule has 170 valence electrons. The van der Waals surface area contributed by atoms with Gasteiger partial charge in [0.15, 0.2) is 0 Å². The van der Waals surface area contributed by atoms with Crippen molar-refractivity contribution in [3.8, 4) is 22.9 Å². The van der Waals surface area contributed by atoms with E-state index in [1.165, 1.54) is 0 Å². The number of fused-ring (bicyclic) bond motifs is 1. The van der Waals surface area contributed by atoms with Crippen molar-refractivity contribution in [3.05, 3.63) is 88.5 Å². The van der Waals surface area contributed by atoms with Crippen LogP contribution in [-0.2, 0) is 4.74 Å². The zero-order chi connectivity index (χ0) is 23.8. The number of pyridine rings is 2. The molecule has 0 saturated carbocycles. The molecule has 0 amide bonds. The third-order valence-corrected chi connectivity index (χ3v) is 6.33. The summed E-state index contributed by atoms with van der Waals surface area (Å²) in [5.41, 5.74) is 5.65. The van der Waals surface area contributed by atoms with Crippen molar-refractivity contribution in [1.82, 2.24) is 9.55 Å². The first kappa shape index (κ1) is 21.9. The number of ether oxygens (including phenoxy) is 1. The normalized spacial score (nSPS) is 18.1. The summed E-state index contributed by atoms with van der Waals surface area (Å²) in [5, 5.41) is 9.93. The van der Waals surface area contributed by atoms with Gasteiger partial charge in [0.2, 0.25) is 0 Å². The summed E-state index contributed by atoms with van der Waals surface area (Å²) in [6, 6.07) is 19.5. The van der Waals surface area contributed by atoms with Crippen LogP contribution >= 0.6 is 0 Å². The summed E-state index contributed by atoms with van der Waals surface area (Å²) in [7, 11) is 0. The molecule has 6 nitrogen and oxygen atoms in total. The molecule has 1 aliphatic rings. The largest absolute Gasteiger partial charge is 0.372 e. The lowest BCUT2D eigenvalue weighted by atomic mass is 9.98. The molecule has 0 aliphatic carbocycles. The molecule has 2 aromatic carbocycles. The predicted molar refractivity (Wildman–Crippen MR) is 134 cm³/mol. The van der Waals surface area contributed by atoms with Gasteiger partial charge in [-0.25, -0.2) is 0 Å². The van der Waals surface area contributed by atoms with Crippen molar-refractivity contribution in [2.24, 2.45) is 0 Å². The Labute approximate surface area is 198 Å². The van der Waals surface area contributed by atoms with Crippen molar-refractivity contribution >= 4 is 16.6 Å². The first-order valence-electron chi connectivity index (χ1n) is 11.5. The monoisotopic (exact) mass is 450 g/mol. The summed E-state index contributed by atoms with van der Waals surface area (Å²) in [5.74, 6) is 0. The maximum atomic E-state index is 13.5. The van der Waals surface area contributed by atoms with E-state index >= 15 is 0 Å². The van der Waals surface area contributed by atoms with Gasteiger partial charge in [-0.15, -0.1) is 0 Å². The maximum absolute atomic E-state index is 13.5. The Hall–Kier alpha value is -3.95. The minimum absolute atomic E-state index is 0.155. The van der Waals surface area contributed by atoms with E-state index < -0.39 is 0 Å². The Morgan fingerprint density at radius 3 is 2.26 bits per heavy atom. The molecule has 4 aromatic rings. The zero-order valence-corrected chi connectivity index (χ0v) is 19.5. The second-order valence-electron chi connectivity index (χ2n) is 8.94. The van der Waals surface area contributed by atoms with Crippen molar-refractivity contribution in [3.63, 3.8) is 0 Å². The summed E-state index contributed by atoms with van der Waals surface area (Å²) in [6.07, 6.45) is 3.93. The van der Waals surface area contributed by atoms with Gasteiger partial charge in [0.25, 0.3) is 5.56 Å². The highest BCUT2D eigenvalue weighted by atomic mass is 16.5. The highest BCUT2D eigenvalue weighted by Gasteiger charge is 2.22. The molecule has 0 spiro atoms. The van der Waals surface area contributed by atoms with E-state index in [2.05, 4.69) is 41.9 Å². The number of rotatable bonds is 3. The van der Waals surface area contributed by atoms with Gasteiger partial charge in [-0.05, 0) is 79.9 Å². The van der Waals surface area contributed by atoms with Gasteiger partial charge in [-0.1, -0.05) is 12.1 Å². The molecular weight excluding hydrogens is 424 g/mol. The fraction of sp³-hybridized carbons (Fsp3) is 0.250. The summed E-state index contributed by atoms with van der Waals surface area (Å²) >= 11 is 0. The second kappa shape index (κ2) is 8.77. The Bertz CT molecular complexity index is 1440. The summed E-state index contributed by atoms with van der Waals surface area (Å²) in [4.78, 5) is 20.2. The number of hydrogen-bond acceptors (Lipinski definition) is 5. The van der Waals surface area contributed by atoms with E-state index in [4.69, 9.17) is 10.00 Å². The van der Waals surface area contributed by atoms with Gasteiger partial charge in [0.05, 0.1) is 23.8 Å². The molecule has 5 rings (SSSR count). The number of aryl methyl sites for hydroxylation is 1. The Morgan fingerprint density at radius 2 is 1.62 bits per heavy atom. The lowest BCUT2D eigenvalue weighted by molar-refractivity contribution is -0.00521. The number of benzene rings is 2. The molecule has 1 aliphatic heterocycles. The number of hydrogen-bond donors (Lipinski definition) is 0. The van der Waals surface area contributed by atoms with E-state index in [9.17, 15) is 4.79 Å². The Morgan fingerprint density at radius 1 is 0.971 bits per heavy atom. The molecule has 0 unspecified atom stereocenters. The van der Waals surface area contributed by atoms with Crippen LogP contribution in [0, 0.1) is 18.3 Å². The van der Waals surface area contributed by atoms with Crippen molar-refractivity contribution < 1.29 is 4.74 Å². The average Bonchev–Trinajstić information content (AvgIpc) is 2.85. The van der Waals surface area contributed by atoms with Gasteiger partial charge in [0.1, 0.15) is 5.52 Å². The van der Waals surface area contributed by atoms with Gasteiger partial charge >= 0.3 is 0 Å². The highest BCUT2D eigenvalue weighted by molar-refractivity contribution is 5.96. The van der Waals surface area contributed by atoms with Gasteiger partial charge in [0, 0.05) is 42.2 Å². The van der Waals surface area contributed by atoms with Crippen LogP contribution in [0.5, 0.6) is 0 Å². The number of anilines is 1. The number of aromatic nitrogens is 2. The quantitative estimate of drug-likeness (QED) is 0.446. The van der Waals surface area contributed by atoms with Crippen molar-refractivity contribution in [2.75, 3.05) is 18.0 Å². The van der Waals surface area contributed by atoms with Crippen molar-refractivity contribution in [1.29, 1.82) is 5.26 Å². The molecular formula is C28H26N4O2. The average molecular weight is 451 g/mol. The van der Waals surface area contributed by atoms with E-state index in [0.717, 1.165) is 46.5 Å². The van der Waals surface area contributed by atoms with Crippen molar-refractivity contribution in [2.45, 2.75) is 33.0 Å². The van der Waals surface area contributed by atoms with Gasteiger partial charge < -0.3 is 9.64 Å². The van der Waals surface area contributed by atoms with Crippen LogP contribution in [0.1, 0.15) is 25.0 Å². The second-order valence-corrected chi connectivity index (χ2v) is 8.94.